The van der Waals surface area contributed by atoms with Gasteiger partial charge in [-0.3, -0.25) is 0 Å². The largest absolute Gasteiger partial charge is 0.394 e. The Bertz CT molecular complexity index is 658. The number of urea groups is 1. The van der Waals surface area contributed by atoms with Gasteiger partial charge in [0.25, 0.3) is 0 Å². The summed E-state index contributed by atoms with van der Waals surface area (Å²) in [6.07, 6.45) is 5.35. The van der Waals surface area contributed by atoms with Crippen molar-refractivity contribution in [2.24, 2.45) is 5.92 Å². The summed E-state index contributed by atoms with van der Waals surface area (Å²) in [6, 6.07) is 7.13. The average Bonchev–Trinajstić information content (AvgIpc) is 3.09. The van der Waals surface area contributed by atoms with E-state index < -0.39 is 0 Å². The number of nitrogens with one attached hydrogen (secondary N) is 1. The molecule has 1 fully saturated rings. The minimum Gasteiger partial charge on any atom is -0.394 e. The van der Waals surface area contributed by atoms with Crippen molar-refractivity contribution in [1.29, 1.82) is 0 Å². The second-order valence-corrected chi connectivity index (χ2v) is 5.89. The molecular formula is C16H21N5O2. The number of nitrogens with zero attached hydrogens (tertiary/aromatic N) is 4. The zero-order valence-electron chi connectivity index (χ0n) is 13.1. The molecule has 23 heavy (non-hydrogen) atoms. The minimum absolute atomic E-state index is 0.00637. The van der Waals surface area contributed by atoms with Crippen LogP contribution in [0, 0.1) is 5.92 Å². The fourth-order valence-electron chi connectivity index (χ4n) is 3.05. The smallest absolute Gasteiger partial charge is 0.322 e. The van der Waals surface area contributed by atoms with E-state index in [1.54, 1.807) is 22.0 Å². The summed E-state index contributed by atoms with van der Waals surface area (Å²) in [5.74, 6) is 0.306. The fraction of sp³-hybridized carbons (Fsp3) is 0.438. The second-order valence-electron chi connectivity index (χ2n) is 5.89. The third-order valence-corrected chi connectivity index (χ3v) is 4.35. The standard InChI is InChI=1S/C16H21N5O2/c1-12-4-3-8-20(15(12)11-22)16(23)18-13-5-2-6-14(10-13)21-9-7-17-19-21/h2,5-7,9-10,12,15,22H,3-4,8,11H2,1H3,(H,18,23). The lowest BCUT2D eigenvalue weighted by Gasteiger charge is -2.38. The van der Waals surface area contributed by atoms with Crippen LogP contribution in [0.4, 0.5) is 10.5 Å². The molecule has 1 saturated heterocycles. The van der Waals surface area contributed by atoms with Crippen LogP contribution in [0.25, 0.3) is 5.69 Å². The van der Waals surface area contributed by atoms with E-state index in [-0.39, 0.29) is 18.7 Å². The summed E-state index contributed by atoms with van der Waals surface area (Å²) in [7, 11) is 0. The van der Waals surface area contributed by atoms with Gasteiger partial charge >= 0.3 is 6.03 Å². The highest BCUT2D eigenvalue weighted by molar-refractivity contribution is 5.90. The molecule has 2 unspecified atom stereocenters. The van der Waals surface area contributed by atoms with Crippen molar-refractivity contribution in [2.45, 2.75) is 25.8 Å². The first-order chi connectivity index (χ1) is 11.2. The Morgan fingerprint density at radius 1 is 1.48 bits per heavy atom. The number of hydrogen-bond donors (Lipinski definition) is 2. The van der Waals surface area contributed by atoms with Gasteiger partial charge in [0.1, 0.15) is 0 Å². The summed E-state index contributed by atoms with van der Waals surface area (Å²) < 4.78 is 1.63. The Morgan fingerprint density at radius 2 is 2.35 bits per heavy atom. The summed E-state index contributed by atoms with van der Waals surface area (Å²) in [6.45, 7) is 2.74. The summed E-state index contributed by atoms with van der Waals surface area (Å²) in [4.78, 5) is 14.3. The summed E-state index contributed by atoms with van der Waals surface area (Å²) in [5.41, 5.74) is 1.52. The molecule has 1 aliphatic rings. The molecule has 0 bridgehead atoms. The number of rotatable bonds is 3. The molecule has 2 amide bonds. The highest BCUT2D eigenvalue weighted by Gasteiger charge is 2.31. The lowest BCUT2D eigenvalue weighted by molar-refractivity contribution is 0.0811. The van der Waals surface area contributed by atoms with Gasteiger partial charge in [-0.2, -0.15) is 0 Å². The van der Waals surface area contributed by atoms with Crippen LogP contribution in [-0.4, -0.2) is 50.2 Å². The van der Waals surface area contributed by atoms with E-state index in [1.807, 2.05) is 24.3 Å². The van der Waals surface area contributed by atoms with Crippen LogP contribution in [0.1, 0.15) is 19.8 Å². The number of aliphatic hydroxyl groups is 1. The van der Waals surface area contributed by atoms with E-state index in [2.05, 4.69) is 22.6 Å². The zero-order chi connectivity index (χ0) is 16.2. The highest BCUT2D eigenvalue weighted by Crippen LogP contribution is 2.24. The molecule has 1 aromatic heterocycles. The zero-order valence-corrected chi connectivity index (χ0v) is 13.1. The fourth-order valence-corrected chi connectivity index (χ4v) is 3.05. The van der Waals surface area contributed by atoms with Crippen molar-refractivity contribution in [3.05, 3.63) is 36.7 Å². The number of amides is 2. The Hall–Kier alpha value is -2.41. The third-order valence-electron chi connectivity index (χ3n) is 4.35. The molecule has 0 spiro atoms. The molecule has 0 aliphatic carbocycles. The van der Waals surface area contributed by atoms with Crippen molar-refractivity contribution < 1.29 is 9.90 Å². The lowest BCUT2D eigenvalue weighted by atomic mass is 9.91. The van der Waals surface area contributed by atoms with Gasteiger partial charge in [0.15, 0.2) is 0 Å². The molecule has 2 atom stereocenters. The SMILES string of the molecule is CC1CCCN(C(=O)Nc2cccc(-n3ccnn3)c2)C1CO. The van der Waals surface area contributed by atoms with Gasteiger partial charge in [-0.15, -0.1) is 5.10 Å². The van der Waals surface area contributed by atoms with Crippen LogP contribution in [0.2, 0.25) is 0 Å². The number of piperidine rings is 1. The van der Waals surface area contributed by atoms with E-state index in [0.29, 0.717) is 18.2 Å². The van der Waals surface area contributed by atoms with Gasteiger partial charge in [-0.25, -0.2) is 9.48 Å². The molecule has 122 valence electrons. The topological polar surface area (TPSA) is 83.3 Å². The maximum atomic E-state index is 12.5. The monoisotopic (exact) mass is 315 g/mol. The molecule has 0 saturated carbocycles. The quantitative estimate of drug-likeness (QED) is 0.906. The molecule has 2 heterocycles. The number of carbonyl (C=O) groups is 1. The highest BCUT2D eigenvalue weighted by atomic mass is 16.3. The van der Waals surface area contributed by atoms with Crippen LogP contribution >= 0.6 is 0 Å². The predicted octanol–water partition coefficient (Wildman–Crippen LogP) is 1.89. The van der Waals surface area contributed by atoms with Crippen LogP contribution in [-0.2, 0) is 0 Å². The first-order valence-electron chi connectivity index (χ1n) is 7.84. The summed E-state index contributed by atoms with van der Waals surface area (Å²) >= 11 is 0. The number of likely N-dealkylation sites (tertiary alicyclic amines) is 1. The number of hydrogen-bond acceptors (Lipinski definition) is 4. The van der Waals surface area contributed by atoms with Gasteiger partial charge in [0.2, 0.25) is 0 Å². The van der Waals surface area contributed by atoms with Gasteiger partial charge in [0, 0.05) is 12.2 Å². The molecule has 1 aromatic carbocycles. The molecule has 2 aromatic rings. The molecule has 7 heteroatoms. The maximum Gasteiger partial charge on any atom is 0.322 e. The Morgan fingerprint density at radius 3 is 3.09 bits per heavy atom. The first-order valence-corrected chi connectivity index (χ1v) is 7.84. The second kappa shape index (κ2) is 6.78. The van der Waals surface area contributed by atoms with E-state index >= 15 is 0 Å². The van der Waals surface area contributed by atoms with Crippen molar-refractivity contribution in [2.75, 3.05) is 18.5 Å². The van der Waals surface area contributed by atoms with Gasteiger partial charge in [0.05, 0.1) is 30.7 Å². The van der Waals surface area contributed by atoms with E-state index in [9.17, 15) is 9.90 Å². The number of anilines is 1. The lowest BCUT2D eigenvalue weighted by Crippen LogP contribution is -2.51. The van der Waals surface area contributed by atoms with Crippen LogP contribution in [0.3, 0.4) is 0 Å². The predicted molar refractivity (Wildman–Crippen MR) is 86.4 cm³/mol. The van der Waals surface area contributed by atoms with Gasteiger partial charge in [-0.05, 0) is 37.0 Å². The minimum atomic E-state index is -0.175. The van der Waals surface area contributed by atoms with Crippen molar-refractivity contribution in [1.82, 2.24) is 19.9 Å². The van der Waals surface area contributed by atoms with Crippen molar-refractivity contribution in [3.63, 3.8) is 0 Å². The Kier molecular flexibility index (Phi) is 4.57. The molecular weight excluding hydrogens is 294 g/mol. The van der Waals surface area contributed by atoms with E-state index in [1.165, 1.54) is 0 Å². The third kappa shape index (κ3) is 3.34. The molecule has 7 nitrogen and oxygen atoms in total. The summed E-state index contributed by atoms with van der Waals surface area (Å²) in [5, 5.41) is 20.2. The number of carbonyl (C=O) groups excluding carboxylic acids is 1. The van der Waals surface area contributed by atoms with E-state index in [0.717, 1.165) is 18.5 Å². The van der Waals surface area contributed by atoms with E-state index in [4.69, 9.17) is 0 Å². The molecule has 3 rings (SSSR count). The van der Waals surface area contributed by atoms with Crippen LogP contribution in [0.5, 0.6) is 0 Å². The van der Waals surface area contributed by atoms with Crippen molar-refractivity contribution in [3.8, 4) is 5.69 Å². The molecule has 2 N–H and O–H groups in total. The first kappa shape index (κ1) is 15.5. The van der Waals surface area contributed by atoms with Gasteiger partial charge in [-0.1, -0.05) is 18.2 Å². The normalized spacial score (nSPS) is 21.2. The average molecular weight is 315 g/mol. The number of benzene rings is 1. The molecule has 0 radical (unpaired) electrons. The van der Waals surface area contributed by atoms with Crippen LogP contribution in [0.15, 0.2) is 36.7 Å². The maximum absolute atomic E-state index is 12.5. The molecule has 1 aliphatic heterocycles. The van der Waals surface area contributed by atoms with Crippen molar-refractivity contribution >= 4 is 11.7 Å². The number of aromatic nitrogens is 3. The Labute approximate surface area is 134 Å². The van der Waals surface area contributed by atoms with Crippen LogP contribution < -0.4 is 5.32 Å². The van der Waals surface area contributed by atoms with Gasteiger partial charge < -0.3 is 15.3 Å². The number of aliphatic hydroxyl groups excluding tert-OH is 1. The Balaban J connectivity index is 1.74.